The largest absolute Gasteiger partial charge is 0.326 e. The van der Waals surface area contributed by atoms with Gasteiger partial charge in [0, 0.05) is 15.3 Å². The van der Waals surface area contributed by atoms with Crippen molar-refractivity contribution in [2.45, 2.75) is 38.8 Å². The van der Waals surface area contributed by atoms with Gasteiger partial charge in [-0.3, -0.25) is 9.59 Å². The Morgan fingerprint density at radius 2 is 1.90 bits per heavy atom. The van der Waals surface area contributed by atoms with E-state index in [2.05, 4.69) is 4.98 Å². The molecule has 0 saturated heterocycles. The Morgan fingerprint density at radius 3 is 2.70 bits per heavy atom. The summed E-state index contributed by atoms with van der Waals surface area (Å²) in [6.07, 6.45) is 4.28. The molecule has 30 heavy (non-hydrogen) atoms. The first-order valence-electron chi connectivity index (χ1n) is 10.1. The van der Waals surface area contributed by atoms with Crippen LogP contribution in [0.3, 0.4) is 0 Å². The molecule has 1 aliphatic rings. The zero-order valence-electron chi connectivity index (χ0n) is 16.4. The van der Waals surface area contributed by atoms with Gasteiger partial charge in [-0.25, -0.2) is 4.98 Å². The highest BCUT2D eigenvalue weighted by molar-refractivity contribution is 7.18. The molecule has 0 spiro atoms. The zero-order chi connectivity index (χ0) is 20.5. The number of nitrogens with zero attached hydrogens (tertiary/aromatic N) is 2. The topological polar surface area (TPSA) is 66.1 Å². The Labute approximate surface area is 182 Å². The summed E-state index contributed by atoms with van der Waals surface area (Å²) in [6.45, 7) is 0.744. The molecule has 0 atom stereocenters. The number of aromatic nitrogens is 2. The molecule has 0 saturated carbocycles. The van der Waals surface area contributed by atoms with Crippen molar-refractivity contribution in [1.82, 2.24) is 14.9 Å². The number of amides is 1. The van der Waals surface area contributed by atoms with E-state index in [1.807, 2.05) is 47.8 Å². The van der Waals surface area contributed by atoms with Crippen LogP contribution in [0.1, 0.15) is 44.3 Å². The molecule has 5 rings (SSSR count). The van der Waals surface area contributed by atoms with E-state index in [4.69, 9.17) is 4.98 Å². The molecule has 0 unspecified atom stereocenters. The van der Waals surface area contributed by atoms with E-state index in [0.29, 0.717) is 17.9 Å². The normalized spacial score (nSPS) is 13.3. The summed E-state index contributed by atoms with van der Waals surface area (Å²) in [4.78, 5) is 38.7. The molecule has 1 aliphatic carbocycles. The number of benzene rings is 1. The maximum absolute atomic E-state index is 13.2. The molecule has 3 heterocycles. The monoisotopic (exact) mass is 435 g/mol. The van der Waals surface area contributed by atoms with Crippen molar-refractivity contribution in [3.63, 3.8) is 0 Å². The third-order valence-electron chi connectivity index (χ3n) is 5.45. The Morgan fingerprint density at radius 1 is 1.07 bits per heavy atom. The molecule has 7 heteroatoms. The average Bonchev–Trinajstić information content (AvgIpc) is 3.40. The molecule has 5 nitrogen and oxygen atoms in total. The molecule has 152 valence electrons. The fourth-order valence-electron chi connectivity index (χ4n) is 4.02. The van der Waals surface area contributed by atoms with E-state index in [1.54, 1.807) is 27.6 Å². The summed E-state index contributed by atoms with van der Waals surface area (Å²) in [5.41, 5.74) is 1.72. The predicted octanol–water partition coefficient (Wildman–Crippen LogP) is 4.77. The highest BCUT2D eigenvalue weighted by atomic mass is 32.1. The van der Waals surface area contributed by atoms with Crippen molar-refractivity contribution in [3.8, 4) is 0 Å². The van der Waals surface area contributed by atoms with Crippen LogP contribution in [-0.2, 0) is 25.9 Å². The second kappa shape index (κ2) is 8.16. The SMILES string of the molecule is O=C(c1ccccc1)N(Cc1nc2sc3c(c2c(=O)[nH]1)CCCC3)Cc1cccs1. The average molecular weight is 436 g/mol. The lowest BCUT2D eigenvalue weighted by atomic mass is 9.97. The third kappa shape index (κ3) is 3.70. The van der Waals surface area contributed by atoms with E-state index < -0.39 is 0 Å². The molecule has 0 radical (unpaired) electrons. The van der Waals surface area contributed by atoms with Crippen molar-refractivity contribution in [2.24, 2.45) is 0 Å². The molecule has 3 aromatic heterocycles. The summed E-state index contributed by atoms with van der Waals surface area (Å²) in [5.74, 6) is 0.462. The van der Waals surface area contributed by atoms with Crippen LogP contribution in [-0.4, -0.2) is 20.8 Å². The highest BCUT2D eigenvalue weighted by Gasteiger charge is 2.22. The number of carbonyl (C=O) groups is 1. The smallest absolute Gasteiger partial charge is 0.259 e. The molecular formula is C23H21N3O2S2. The zero-order valence-corrected chi connectivity index (χ0v) is 18.0. The Balaban J connectivity index is 1.50. The van der Waals surface area contributed by atoms with Crippen LogP contribution in [0.25, 0.3) is 10.2 Å². The van der Waals surface area contributed by atoms with Gasteiger partial charge in [-0.05, 0) is 54.8 Å². The van der Waals surface area contributed by atoms with Gasteiger partial charge in [-0.15, -0.1) is 22.7 Å². The van der Waals surface area contributed by atoms with Gasteiger partial charge in [0.25, 0.3) is 11.5 Å². The molecule has 0 aliphatic heterocycles. The Hall–Kier alpha value is -2.77. The Kier molecular flexibility index (Phi) is 5.23. The van der Waals surface area contributed by atoms with E-state index in [9.17, 15) is 9.59 Å². The summed E-state index contributed by atoms with van der Waals surface area (Å²) in [7, 11) is 0. The molecule has 1 aromatic carbocycles. The lowest BCUT2D eigenvalue weighted by Gasteiger charge is -2.21. The van der Waals surface area contributed by atoms with Crippen LogP contribution in [0, 0.1) is 0 Å². The maximum atomic E-state index is 13.2. The van der Waals surface area contributed by atoms with Crippen LogP contribution in [0.4, 0.5) is 0 Å². The molecule has 0 bridgehead atoms. The molecule has 1 N–H and O–H groups in total. The fraction of sp³-hybridized carbons (Fsp3) is 0.261. The van der Waals surface area contributed by atoms with Gasteiger partial charge in [-0.2, -0.15) is 0 Å². The van der Waals surface area contributed by atoms with Gasteiger partial charge in [-0.1, -0.05) is 24.3 Å². The first-order valence-corrected chi connectivity index (χ1v) is 11.8. The molecule has 1 amide bonds. The van der Waals surface area contributed by atoms with Crippen LogP contribution >= 0.6 is 22.7 Å². The second-order valence-electron chi connectivity index (χ2n) is 7.51. The summed E-state index contributed by atoms with van der Waals surface area (Å²) >= 11 is 3.25. The minimum absolute atomic E-state index is 0.0720. The summed E-state index contributed by atoms with van der Waals surface area (Å²) in [6, 6.07) is 13.2. The van der Waals surface area contributed by atoms with Crippen molar-refractivity contribution in [2.75, 3.05) is 0 Å². The fourth-order valence-corrected chi connectivity index (χ4v) is 6.02. The van der Waals surface area contributed by atoms with Gasteiger partial charge >= 0.3 is 0 Å². The molecule has 4 aromatic rings. The van der Waals surface area contributed by atoms with E-state index in [-0.39, 0.29) is 18.0 Å². The lowest BCUT2D eigenvalue weighted by molar-refractivity contribution is 0.0727. The Bertz CT molecular complexity index is 1240. The van der Waals surface area contributed by atoms with Gasteiger partial charge in [0.15, 0.2) is 0 Å². The number of carbonyl (C=O) groups excluding carboxylic acids is 1. The standard InChI is InChI=1S/C23H21N3O2S2/c27-21-20-17-10-4-5-11-18(17)30-22(20)25-19(24-21)14-26(13-16-9-6-12-29-16)23(28)15-7-2-1-3-8-15/h1-3,6-9,12H,4-5,10-11,13-14H2,(H,24,25,27). The van der Waals surface area contributed by atoms with E-state index in [0.717, 1.165) is 34.4 Å². The number of H-pyrrole nitrogens is 1. The van der Waals surface area contributed by atoms with Crippen molar-refractivity contribution < 1.29 is 4.79 Å². The maximum Gasteiger partial charge on any atom is 0.259 e. The van der Waals surface area contributed by atoms with Crippen LogP contribution in [0.5, 0.6) is 0 Å². The number of aryl methyl sites for hydroxylation is 2. The van der Waals surface area contributed by atoms with Gasteiger partial charge < -0.3 is 9.88 Å². The summed E-state index contributed by atoms with van der Waals surface area (Å²) < 4.78 is 0. The third-order valence-corrected chi connectivity index (χ3v) is 7.50. The first-order chi connectivity index (χ1) is 14.7. The van der Waals surface area contributed by atoms with Crippen molar-refractivity contribution >= 4 is 38.8 Å². The first kappa shape index (κ1) is 19.2. The number of rotatable bonds is 5. The van der Waals surface area contributed by atoms with Crippen LogP contribution in [0.15, 0.2) is 52.6 Å². The van der Waals surface area contributed by atoms with Gasteiger partial charge in [0.2, 0.25) is 0 Å². The number of aromatic amines is 1. The number of hydrogen-bond acceptors (Lipinski definition) is 5. The summed E-state index contributed by atoms with van der Waals surface area (Å²) in [5, 5.41) is 2.75. The highest BCUT2D eigenvalue weighted by Crippen LogP contribution is 2.33. The predicted molar refractivity (Wildman–Crippen MR) is 121 cm³/mol. The van der Waals surface area contributed by atoms with E-state index >= 15 is 0 Å². The minimum Gasteiger partial charge on any atom is -0.326 e. The quantitative estimate of drug-likeness (QED) is 0.491. The van der Waals surface area contributed by atoms with Crippen LogP contribution < -0.4 is 5.56 Å². The lowest BCUT2D eigenvalue weighted by Crippen LogP contribution is -2.31. The minimum atomic E-state index is -0.0855. The number of hydrogen-bond donors (Lipinski definition) is 1. The van der Waals surface area contributed by atoms with Crippen molar-refractivity contribution in [1.29, 1.82) is 0 Å². The number of thiophene rings is 2. The second-order valence-corrected chi connectivity index (χ2v) is 9.63. The van der Waals surface area contributed by atoms with Gasteiger partial charge in [0.05, 0.1) is 18.5 Å². The number of nitrogens with one attached hydrogen (secondary N) is 1. The van der Waals surface area contributed by atoms with Gasteiger partial charge in [0.1, 0.15) is 10.7 Å². The van der Waals surface area contributed by atoms with E-state index in [1.165, 1.54) is 16.9 Å². The molecular weight excluding hydrogens is 414 g/mol. The molecule has 0 fully saturated rings. The van der Waals surface area contributed by atoms with Crippen molar-refractivity contribution in [3.05, 3.63) is 84.9 Å². The van der Waals surface area contributed by atoms with Crippen LogP contribution in [0.2, 0.25) is 0 Å². The number of fused-ring (bicyclic) bond motifs is 3.